The number of ether oxygens (including phenoxy) is 2. The van der Waals surface area contributed by atoms with E-state index in [0.29, 0.717) is 31.5 Å². The van der Waals surface area contributed by atoms with Crippen molar-refractivity contribution in [2.45, 2.75) is 13.0 Å². The summed E-state index contributed by atoms with van der Waals surface area (Å²) in [7, 11) is 1.60. The molecule has 2 heterocycles. The van der Waals surface area contributed by atoms with Gasteiger partial charge in [-0.05, 0) is 6.92 Å². The van der Waals surface area contributed by atoms with Gasteiger partial charge in [0.15, 0.2) is 0 Å². The number of nitrogens with zero attached hydrogens (tertiary/aromatic N) is 3. The van der Waals surface area contributed by atoms with E-state index in [1.807, 2.05) is 13.0 Å². The van der Waals surface area contributed by atoms with E-state index in [0.717, 1.165) is 12.4 Å². The van der Waals surface area contributed by atoms with E-state index in [1.54, 1.807) is 7.11 Å². The van der Waals surface area contributed by atoms with Gasteiger partial charge in [-0.15, -0.1) is 0 Å². The van der Waals surface area contributed by atoms with Crippen molar-refractivity contribution in [3.8, 4) is 5.88 Å². The highest BCUT2D eigenvalue weighted by atomic mass is 16.5. The molecule has 6 heteroatoms. The lowest BCUT2D eigenvalue weighted by Crippen LogP contribution is -2.49. The Hall–Kier alpha value is -1.40. The Bertz CT molecular complexity index is 386. The number of anilines is 1. The average molecular weight is 238 g/mol. The van der Waals surface area contributed by atoms with E-state index in [9.17, 15) is 0 Å². The second-order valence-electron chi connectivity index (χ2n) is 3.97. The third-order valence-electron chi connectivity index (χ3n) is 2.80. The lowest BCUT2D eigenvalue weighted by atomic mass is 10.2. The molecule has 1 aliphatic heterocycles. The van der Waals surface area contributed by atoms with Crippen LogP contribution in [0.2, 0.25) is 0 Å². The van der Waals surface area contributed by atoms with Crippen LogP contribution < -0.4 is 15.4 Å². The maximum absolute atomic E-state index is 5.74. The van der Waals surface area contributed by atoms with Crippen molar-refractivity contribution in [2.75, 3.05) is 38.3 Å². The first-order valence-corrected chi connectivity index (χ1v) is 5.68. The Labute approximate surface area is 101 Å². The summed E-state index contributed by atoms with van der Waals surface area (Å²) in [6, 6.07) is 2.00. The van der Waals surface area contributed by atoms with Crippen molar-refractivity contribution >= 4 is 5.82 Å². The molecule has 0 spiro atoms. The highest BCUT2D eigenvalue weighted by molar-refractivity contribution is 5.43. The molecular weight excluding hydrogens is 220 g/mol. The molecule has 1 aromatic heterocycles. The van der Waals surface area contributed by atoms with E-state index >= 15 is 0 Å². The average Bonchev–Trinajstić information content (AvgIpc) is 2.37. The summed E-state index contributed by atoms with van der Waals surface area (Å²) in [6.07, 6.45) is 0. The molecule has 0 radical (unpaired) electrons. The summed E-state index contributed by atoms with van der Waals surface area (Å²) >= 11 is 0. The molecule has 0 bridgehead atoms. The Morgan fingerprint density at radius 3 is 3.12 bits per heavy atom. The standard InChI is InChI=1S/C11H18N4O2/c1-8-13-10(5-11(14-8)16-2)15-3-4-17-7-9(15)6-12/h5,9H,3-4,6-7,12H2,1-2H3. The topological polar surface area (TPSA) is 73.5 Å². The summed E-state index contributed by atoms with van der Waals surface area (Å²) in [5, 5.41) is 0. The van der Waals surface area contributed by atoms with E-state index in [4.69, 9.17) is 15.2 Å². The maximum atomic E-state index is 5.74. The molecule has 17 heavy (non-hydrogen) atoms. The van der Waals surface area contributed by atoms with E-state index in [-0.39, 0.29) is 6.04 Å². The molecule has 6 nitrogen and oxygen atoms in total. The van der Waals surface area contributed by atoms with Gasteiger partial charge in [-0.3, -0.25) is 0 Å². The monoisotopic (exact) mass is 238 g/mol. The molecule has 0 aromatic carbocycles. The van der Waals surface area contributed by atoms with E-state index < -0.39 is 0 Å². The summed E-state index contributed by atoms with van der Waals surface area (Å²) in [5.41, 5.74) is 5.74. The van der Waals surface area contributed by atoms with Crippen LogP contribution in [-0.2, 0) is 4.74 Å². The minimum absolute atomic E-state index is 0.169. The van der Waals surface area contributed by atoms with Gasteiger partial charge < -0.3 is 20.1 Å². The Morgan fingerprint density at radius 1 is 1.59 bits per heavy atom. The first-order chi connectivity index (χ1) is 8.24. The number of hydrogen-bond acceptors (Lipinski definition) is 6. The van der Waals surface area contributed by atoms with Crippen molar-refractivity contribution in [3.05, 3.63) is 11.9 Å². The Morgan fingerprint density at radius 2 is 2.41 bits per heavy atom. The van der Waals surface area contributed by atoms with Crippen molar-refractivity contribution in [1.29, 1.82) is 0 Å². The first-order valence-electron chi connectivity index (χ1n) is 5.68. The SMILES string of the molecule is COc1cc(N2CCOCC2CN)nc(C)n1. The van der Waals surface area contributed by atoms with Crippen LogP contribution in [0.15, 0.2) is 6.07 Å². The Balaban J connectivity index is 2.27. The van der Waals surface area contributed by atoms with Gasteiger partial charge in [-0.1, -0.05) is 0 Å². The highest BCUT2D eigenvalue weighted by Gasteiger charge is 2.23. The molecule has 0 aliphatic carbocycles. The predicted octanol–water partition coefficient (Wildman–Crippen LogP) is -0.0425. The lowest BCUT2D eigenvalue weighted by molar-refractivity contribution is 0.0958. The molecule has 2 N–H and O–H groups in total. The van der Waals surface area contributed by atoms with Gasteiger partial charge >= 0.3 is 0 Å². The fourth-order valence-electron chi connectivity index (χ4n) is 1.93. The largest absolute Gasteiger partial charge is 0.481 e. The summed E-state index contributed by atoms with van der Waals surface area (Å²) < 4.78 is 10.6. The van der Waals surface area contributed by atoms with Gasteiger partial charge in [0.2, 0.25) is 5.88 Å². The van der Waals surface area contributed by atoms with Crippen LogP contribution in [0, 0.1) is 6.92 Å². The van der Waals surface area contributed by atoms with Crippen LogP contribution in [0.3, 0.4) is 0 Å². The van der Waals surface area contributed by atoms with Crippen LogP contribution in [0.1, 0.15) is 5.82 Å². The zero-order chi connectivity index (χ0) is 12.3. The van der Waals surface area contributed by atoms with Gasteiger partial charge in [-0.25, -0.2) is 4.98 Å². The summed E-state index contributed by atoms with van der Waals surface area (Å²) in [4.78, 5) is 10.8. The fraction of sp³-hybridized carbons (Fsp3) is 0.636. The normalized spacial score (nSPS) is 20.4. The van der Waals surface area contributed by atoms with Crippen molar-refractivity contribution < 1.29 is 9.47 Å². The molecule has 1 aliphatic rings. The van der Waals surface area contributed by atoms with Crippen LogP contribution in [0.5, 0.6) is 5.88 Å². The molecule has 1 unspecified atom stereocenters. The molecule has 2 rings (SSSR count). The molecule has 1 fully saturated rings. The van der Waals surface area contributed by atoms with Crippen LogP contribution in [0.25, 0.3) is 0 Å². The predicted molar refractivity (Wildman–Crippen MR) is 64.3 cm³/mol. The second-order valence-corrected chi connectivity index (χ2v) is 3.97. The summed E-state index contributed by atoms with van der Waals surface area (Å²) in [6.45, 7) is 4.53. The van der Waals surface area contributed by atoms with Gasteiger partial charge in [0.1, 0.15) is 11.6 Å². The minimum Gasteiger partial charge on any atom is -0.481 e. The van der Waals surface area contributed by atoms with Crippen molar-refractivity contribution in [3.63, 3.8) is 0 Å². The Kier molecular flexibility index (Phi) is 3.75. The molecule has 0 amide bonds. The third-order valence-corrected chi connectivity index (χ3v) is 2.80. The summed E-state index contributed by atoms with van der Waals surface area (Å²) in [5.74, 6) is 2.13. The molecular formula is C11H18N4O2. The molecule has 1 atom stereocenters. The van der Waals surface area contributed by atoms with Gasteiger partial charge in [0.05, 0.1) is 26.4 Å². The van der Waals surface area contributed by atoms with Crippen molar-refractivity contribution in [2.24, 2.45) is 5.73 Å². The molecule has 0 saturated carbocycles. The highest BCUT2D eigenvalue weighted by Crippen LogP contribution is 2.20. The van der Waals surface area contributed by atoms with E-state index in [1.165, 1.54) is 0 Å². The number of aromatic nitrogens is 2. The number of nitrogens with two attached hydrogens (primary N) is 1. The van der Waals surface area contributed by atoms with Gasteiger partial charge in [0, 0.05) is 19.2 Å². The minimum atomic E-state index is 0.169. The van der Waals surface area contributed by atoms with Gasteiger partial charge in [-0.2, -0.15) is 4.98 Å². The number of hydrogen-bond donors (Lipinski definition) is 1. The lowest BCUT2D eigenvalue weighted by Gasteiger charge is -2.35. The number of morpholine rings is 1. The molecule has 1 saturated heterocycles. The number of rotatable bonds is 3. The van der Waals surface area contributed by atoms with Crippen molar-refractivity contribution in [1.82, 2.24) is 9.97 Å². The zero-order valence-electron chi connectivity index (χ0n) is 10.2. The molecule has 94 valence electrons. The first kappa shape index (κ1) is 12.1. The van der Waals surface area contributed by atoms with Crippen LogP contribution >= 0.6 is 0 Å². The number of methoxy groups -OCH3 is 1. The van der Waals surface area contributed by atoms with Gasteiger partial charge in [0.25, 0.3) is 0 Å². The third kappa shape index (κ3) is 2.65. The van der Waals surface area contributed by atoms with Crippen LogP contribution in [0.4, 0.5) is 5.82 Å². The maximum Gasteiger partial charge on any atom is 0.218 e. The number of aryl methyl sites for hydroxylation is 1. The van der Waals surface area contributed by atoms with E-state index in [2.05, 4.69) is 14.9 Å². The zero-order valence-corrected chi connectivity index (χ0v) is 10.2. The van der Waals surface area contributed by atoms with Crippen LogP contribution in [-0.4, -0.2) is 49.4 Å². The molecule has 1 aromatic rings. The fourth-order valence-corrected chi connectivity index (χ4v) is 1.93. The second kappa shape index (κ2) is 5.29. The smallest absolute Gasteiger partial charge is 0.218 e. The quantitative estimate of drug-likeness (QED) is 0.796.